The van der Waals surface area contributed by atoms with E-state index in [-0.39, 0.29) is 17.5 Å². The average molecular weight is 410 g/mol. The third kappa shape index (κ3) is 6.32. The molecular formula is C24H31N3O3. The van der Waals surface area contributed by atoms with E-state index in [1.807, 2.05) is 19.1 Å². The number of nitrogens with one attached hydrogen (secondary N) is 2. The van der Waals surface area contributed by atoms with Crippen LogP contribution in [0.15, 0.2) is 52.8 Å². The summed E-state index contributed by atoms with van der Waals surface area (Å²) in [4.78, 5) is 27.9. The Morgan fingerprint density at radius 2 is 1.93 bits per heavy atom. The van der Waals surface area contributed by atoms with Crippen molar-refractivity contribution in [2.75, 3.05) is 26.2 Å². The van der Waals surface area contributed by atoms with Crippen LogP contribution in [0.1, 0.15) is 47.9 Å². The van der Waals surface area contributed by atoms with Crippen molar-refractivity contribution in [1.82, 2.24) is 15.5 Å². The molecule has 1 saturated heterocycles. The summed E-state index contributed by atoms with van der Waals surface area (Å²) in [5.41, 5.74) is 1.56. The molecule has 2 N–H and O–H groups in total. The Morgan fingerprint density at radius 1 is 1.17 bits per heavy atom. The molecule has 1 aliphatic rings. The van der Waals surface area contributed by atoms with Gasteiger partial charge in [-0.05, 0) is 75.5 Å². The number of carbonyl (C=O) groups excluding carboxylic acids is 2. The highest BCUT2D eigenvalue weighted by Crippen LogP contribution is 2.16. The Labute approximate surface area is 178 Å². The first-order valence-corrected chi connectivity index (χ1v) is 10.7. The second-order valence-corrected chi connectivity index (χ2v) is 7.98. The zero-order valence-corrected chi connectivity index (χ0v) is 17.8. The molecule has 2 aromatic rings. The maximum atomic E-state index is 12.8. The van der Waals surface area contributed by atoms with E-state index in [0.29, 0.717) is 17.9 Å². The smallest absolute Gasteiger partial charge is 0.267 e. The summed E-state index contributed by atoms with van der Waals surface area (Å²) in [6.07, 6.45) is 6.45. The number of hydrogen-bond acceptors (Lipinski definition) is 4. The molecule has 30 heavy (non-hydrogen) atoms. The highest BCUT2D eigenvalue weighted by atomic mass is 16.3. The van der Waals surface area contributed by atoms with Gasteiger partial charge < -0.3 is 20.0 Å². The van der Waals surface area contributed by atoms with Crippen LogP contribution < -0.4 is 10.6 Å². The molecule has 2 amide bonds. The number of aryl methyl sites for hydroxylation is 1. The Balaban J connectivity index is 1.57. The van der Waals surface area contributed by atoms with Crippen molar-refractivity contribution in [2.45, 2.75) is 33.1 Å². The van der Waals surface area contributed by atoms with E-state index in [9.17, 15) is 9.59 Å². The van der Waals surface area contributed by atoms with Gasteiger partial charge in [0.05, 0.1) is 6.26 Å². The lowest BCUT2D eigenvalue weighted by Crippen LogP contribution is -2.38. The maximum absolute atomic E-state index is 12.8. The van der Waals surface area contributed by atoms with Gasteiger partial charge in [0.25, 0.3) is 11.8 Å². The molecule has 1 aromatic carbocycles. The zero-order chi connectivity index (χ0) is 21.3. The van der Waals surface area contributed by atoms with E-state index in [1.54, 1.807) is 30.3 Å². The van der Waals surface area contributed by atoms with Gasteiger partial charge in [-0.3, -0.25) is 9.59 Å². The van der Waals surface area contributed by atoms with Crippen LogP contribution >= 0.6 is 0 Å². The van der Waals surface area contributed by atoms with Gasteiger partial charge >= 0.3 is 0 Å². The van der Waals surface area contributed by atoms with Gasteiger partial charge in [0.2, 0.25) is 0 Å². The van der Waals surface area contributed by atoms with Crippen LogP contribution in [0.5, 0.6) is 0 Å². The molecule has 0 unspecified atom stereocenters. The first-order chi connectivity index (χ1) is 14.5. The van der Waals surface area contributed by atoms with Gasteiger partial charge in [-0.1, -0.05) is 25.1 Å². The van der Waals surface area contributed by atoms with Crippen LogP contribution in [0.25, 0.3) is 6.08 Å². The van der Waals surface area contributed by atoms with Gasteiger partial charge in [-0.25, -0.2) is 0 Å². The van der Waals surface area contributed by atoms with Crippen molar-refractivity contribution in [3.05, 3.63) is 65.2 Å². The number of amides is 2. The topological polar surface area (TPSA) is 74.6 Å². The number of carbonyl (C=O) groups is 2. The van der Waals surface area contributed by atoms with E-state index < -0.39 is 0 Å². The highest BCUT2D eigenvalue weighted by Gasteiger charge is 2.17. The first-order valence-electron chi connectivity index (χ1n) is 10.7. The van der Waals surface area contributed by atoms with Crippen molar-refractivity contribution in [3.8, 4) is 0 Å². The van der Waals surface area contributed by atoms with Gasteiger partial charge in [0.1, 0.15) is 11.5 Å². The van der Waals surface area contributed by atoms with Crippen molar-refractivity contribution in [3.63, 3.8) is 0 Å². The molecule has 6 nitrogen and oxygen atoms in total. The molecule has 6 heteroatoms. The average Bonchev–Trinajstić information content (AvgIpc) is 3.25. The molecule has 0 aliphatic carbocycles. The molecule has 3 rings (SSSR count). The van der Waals surface area contributed by atoms with Crippen molar-refractivity contribution in [2.24, 2.45) is 5.92 Å². The van der Waals surface area contributed by atoms with Gasteiger partial charge in [0.15, 0.2) is 0 Å². The second kappa shape index (κ2) is 10.8. The number of rotatable bonds is 8. The zero-order valence-electron chi connectivity index (χ0n) is 17.8. The number of piperidine rings is 1. The second-order valence-electron chi connectivity index (χ2n) is 7.98. The number of nitrogens with zero attached hydrogens (tertiary/aromatic N) is 1. The summed E-state index contributed by atoms with van der Waals surface area (Å²) in [5.74, 6) is 0.684. The Hall–Kier alpha value is -2.86. The standard InChI is InChI=1S/C24H31N3O3/c1-18-10-14-27(15-11-18)13-6-12-25-24(29)22(17-20-8-5-16-30-20)26-23(28)21-9-4-3-7-19(21)2/h3-5,7-9,16-18H,6,10-15H2,1-2H3,(H,25,29)(H,26,28)/b22-17-. The van der Waals surface area contributed by atoms with Crippen LogP contribution in [-0.4, -0.2) is 42.9 Å². The summed E-state index contributed by atoms with van der Waals surface area (Å²) in [5, 5.41) is 5.67. The fraction of sp³-hybridized carbons (Fsp3) is 0.417. The quantitative estimate of drug-likeness (QED) is 0.516. The predicted octanol–water partition coefficient (Wildman–Crippen LogP) is 3.60. The number of furan rings is 1. The highest BCUT2D eigenvalue weighted by molar-refractivity contribution is 6.05. The summed E-state index contributed by atoms with van der Waals surface area (Å²) in [6.45, 7) is 7.96. The van der Waals surface area contributed by atoms with Crippen LogP contribution in [-0.2, 0) is 4.79 Å². The van der Waals surface area contributed by atoms with Crippen molar-refractivity contribution in [1.29, 1.82) is 0 Å². The lowest BCUT2D eigenvalue weighted by Gasteiger charge is -2.30. The van der Waals surface area contributed by atoms with E-state index in [1.165, 1.54) is 19.1 Å². The molecule has 1 aromatic heterocycles. The number of hydrogen-bond donors (Lipinski definition) is 2. The number of benzene rings is 1. The third-order valence-electron chi connectivity index (χ3n) is 5.53. The minimum Gasteiger partial charge on any atom is -0.465 e. The van der Waals surface area contributed by atoms with E-state index in [4.69, 9.17) is 4.42 Å². The molecule has 160 valence electrons. The fourth-order valence-corrected chi connectivity index (χ4v) is 3.58. The van der Waals surface area contributed by atoms with Crippen molar-refractivity contribution < 1.29 is 14.0 Å². The molecule has 1 aliphatic heterocycles. The van der Waals surface area contributed by atoms with Crippen LogP contribution in [0.4, 0.5) is 0 Å². The van der Waals surface area contributed by atoms with Gasteiger partial charge in [0, 0.05) is 18.2 Å². The third-order valence-corrected chi connectivity index (χ3v) is 5.53. The van der Waals surface area contributed by atoms with E-state index >= 15 is 0 Å². The molecule has 0 spiro atoms. The Bertz CT molecular complexity index is 866. The molecule has 0 bridgehead atoms. The fourth-order valence-electron chi connectivity index (χ4n) is 3.58. The predicted molar refractivity (Wildman–Crippen MR) is 118 cm³/mol. The lowest BCUT2D eigenvalue weighted by atomic mass is 9.99. The Kier molecular flexibility index (Phi) is 7.85. The monoisotopic (exact) mass is 409 g/mol. The van der Waals surface area contributed by atoms with E-state index in [0.717, 1.165) is 37.5 Å². The molecule has 1 fully saturated rings. The minimum absolute atomic E-state index is 0.171. The summed E-state index contributed by atoms with van der Waals surface area (Å²) in [7, 11) is 0. The number of likely N-dealkylation sites (tertiary alicyclic amines) is 1. The van der Waals surface area contributed by atoms with Crippen LogP contribution in [0, 0.1) is 12.8 Å². The molecule has 0 radical (unpaired) electrons. The van der Waals surface area contributed by atoms with Crippen molar-refractivity contribution >= 4 is 17.9 Å². The maximum Gasteiger partial charge on any atom is 0.267 e. The minimum atomic E-state index is -0.319. The summed E-state index contributed by atoms with van der Waals surface area (Å²) < 4.78 is 5.32. The van der Waals surface area contributed by atoms with Crippen LogP contribution in [0.3, 0.4) is 0 Å². The lowest BCUT2D eigenvalue weighted by molar-refractivity contribution is -0.117. The van der Waals surface area contributed by atoms with E-state index in [2.05, 4.69) is 22.5 Å². The molecule has 0 atom stereocenters. The largest absolute Gasteiger partial charge is 0.465 e. The summed E-state index contributed by atoms with van der Waals surface area (Å²) in [6, 6.07) is 10.8. The molecule has 2 heterocycles. The van der Waals surface area contributed by atoms with Gasteiger partial charge in [-0.15, -0.1) is 0 Å². The molecule has 0 saturated carbocycles. The molecular weight excluding hydrogens is 378 g/mol. The normalized spacial score (nSPS) is 15.7. The van der Waals surface area contributed by atoms with Gasteiger partial charge in [-0.2, -0.15) is 0 Å². The Morgan fingerprint density at radius 3 is 2.63 bits per heavy atom. The summed E-state index contributed by atoms with van der Waals surface area (Å²) >= 11 is 0. The first kappa shape index (κ1) is 21.8. The van der Waals surface area contributed by atoms with Crippen LogP contribution in [0.2, 0.25) is 0 Å². The SMILES string of the molecule is Cc1ccccc1C(=O)N/C(=C\c1ccco1)C(=O)NCCCN1CCC(C)CC1.